The van der Waals surface area contributed by atoms with Crippen LogP contribution in [-0.4, -0.2) is 74.9 Å². The number of morpholine rings is 1. The van der Waals surface area contributed by atoms with Gasteiger partial charge in [-0.25, -0.2) is 0 Å². The highest BCUT2D eigenvalue weighted by Crippen LogP contribution is 2.26. The number of aromatic nitrogens is 5. The zero-order valence-corrected chi connectivity index (χ0v) is 19.0. The molecule has 1 aromatic carbocycles. The van der Waals surface area contributed by atoms with Gasteiger partial charge in [-0.1, -0.05) is 6.07 Å². The molecule has 10 nitrogen and oxygen atoms in total. The minimum atomic E-state index is -0.232. The Labute approximate surface area is 196 Å². The summed E-state index contributed by atoms with van der Waals surface area (Å²) in [6, 6.07) is 5.74. The van der Waals surface area contributed by atoms with Crippen molar-refractivity contribution in [1.82, 2.24) is 34.9 Å². The summed E-state index contributed by atoms with van der Waals surface area (Å²) in [5, 5.41) is 9.31. The van der Waals surface area contributed by atoms with Crippen LogP contribution < -0.4 is 10.9 Å². The number of ether oxygens (including phenoxy) is 1. The summed E-state index contributed by atoms with van der Waals surface area (Å²) in [5.41, 5.74) is 4.12. The first-order valence-corrected chi connectivity index (χ1v) is 11.3. The lowest BCUT2D eigenvalue weighted by atomic mass is 10.0. The van der Waals surface area contributed by atoms with E-state index in [9.17, 15) is 9.59 Å². The highest BCUT2D eigenvalue weighted by atomic mass is 16.5. The highest BCUT2D eigenvalue weighted by Gasteiger charge is 2.17. The van der Waals surface area contributed by atoms with Crippen molar-refractivity contribution < 1.29 is 9.53 Å². The molecule has 0 bridgehead atoms. The molecule has 0 unspecified atom stereocenters. The average Bonchev–Trinajstić information content (AvgIpc) is 3.42. The molecule has 3 aromatic heterocycles. The van der Waals surface area contributed by atoms with Crippen LogP contribution in [0.1, 0.15) is 21.6 Å². The third-order valence-corrected chi connectivity index (χ3v) is 6.19. The Kier molecular flexibility index (Phi) is 6.24. The van der Waals surface area contributed by atoms with Gasteiger partial charge in [-0.15, -0.1) is 0 Å². The molecule has 4 heterocycles. The summed E-state index contributed by atoms with van der Waals surface area (Å²) in [5.74, 6) is -0.0826. The predicted molar refractivity (Wildman–Crippen MR) is 128 cm³/mol. The number of rotatable bonds is 7. The van der Waals surface area contributed by atoms with Gasteiger partial charge in [-0.3, -0.25) is 29.6 Å². The van der Waals surface area contributed by atoms with Crippen molar-refractivity contribution >= 4 is 16.8 Å². The third kappa shape index (κ3) is 4.50. The van der Waals surface area contributed by atoms with Crippen LogP contribution in [0.25, 0.3) is 22.2 Å². The van der Waals surface area contributed by atoms with Gasteiger partial charge in [0.15, 0.2) is 0 Å². The Bertz CT molecular complexity index is 1360. The molecular weight excluding hydrogens is 434 g/mol. The van der Waals surface area contributed by atoms with E-state index in [0.29, 0.717) is 35.5 Å². The number of hydrogen-bond acceptors (Lipinski definition) is 6. The molecule has 1 saturated heterocycles. The van der Waals surface area contributed by atoms with Crippen molar-refractivity contribution in [2.45, 2.75) is 6.42 Å². The van der Waals surface area contributed by atoms with Gasteiger partial charge in [-0.2, -0.15) is 0 Å². The topological polar surface area (TPSA) is 121 Å². The van der Waals surface area contributed by atoms with Crippen LogP contribution in [0, 0.1) is 0 Å². The molecule has 176 valence electrons. The van der Waals surface area contributed by atoms with Crippen LogP contribution in [0.5, 0.6) is 0 Å². The van der Waals surface area contributed by atoms with Gasteiger partial charge in [0.1, 0.15) is 0 Å². The fraction of sp³-hybridized carbons (Fsp3) is 0.333. The Morgan fingerprint density at radius 2 is 2.03 bits per heavy atom. The molecule has 10 heteroatoms. The lowest BCUT2D eigenvalue weighted by Gasteiger charge is -2.26. The first-order chi connectivity index (χ1) is 16.6. The van der Waals surface area contributed by atoms with E-state index in [1.54, 1.807) is 18.6 Å². The van der Waals surface area contributed by atoms with Crippen LogP contribution in [0.2, 0.25) is 0 Å². The van der Waals surface area contributed by atoms with Crippen molar-refractivity contribution in [2.75, 3.05) is 39.4 Å². The maximum absolute atomic E-state index is 12.7. The van der Waals surface area contributed by atoms with Crippen LogP contribution in [0.4, 0.5) is 0 Å². The lowest BCUT2D eigenvalue weighted by Crippen LogP contribution is -2.41. The Hall–Kier alpha value is -3.76. The highest BCUT2D eigenvalue weighted by molar-refractivity contribution is 5.98. The second kappa shape index (κ2) is 9.62. The molecule has 1 amide bonds. The first kappa shape index (κ1) is 22.1. The largest absolute Gasteiger partial charge is 0.379 e. The number of benzene rings is 1. The van der Waals surface area contributed by atoms with Crippen molar-refractivity contribution in [3.05, 3.63) is 70.2 Å². The number of fused-ring (bicyclic) bond motifs is 1. The van der Waals surface area contributed by atoms with E-state index in [4.69, 9.17) is 4.74 Å². The van der Waals surface area contributed by atoms with Crippen molar-refractivity contribution in [2.24, 2.45) is 7.05 Å². The Morgan fingerprint density at radius 1 is 1.21 bits per heavy atom. The number of amides is 1. The molecule has 0 saturated carbocycles. The Morgan fingerprint density at radius 3 is 2.82 bits per heavy atom. The van der Waals surface area contributed by atoms with Gasteiger partial charge in [0.2, 0.25) is 0 Å². The number of hydrogen-bond donors (Lipinski definition) is 3. The van der Waals surface area contributed by atoms with E-state index in [1.807, 2.05) is 36.0 Å². The summed E-state index contributed by atoms with van der Waals surface area (Å²) < 4.78 is 7.37. The molecule has 3 N–H and O–H groups in total. The zero-order valence-electron chi connectivity index (χ0n) is 19.0. The summed E-state index contributed by atoms with van der Waals surface area (Å²) in [6.07, 6.45) is 7.35. The van der Waals surface area contributed by atoms with Crippen LogP contribution in [0.15, 0.2) is 47.8 Å². The van der Waals surface area contributed by atoms with Gasteiger partial charge in [0, 0.05) is 80.9 Å². The van der Waals surface area contributed by atoms with Crippen LogP contribution >= 0.6 is 0 Å². The Balaban J connectivity index is 1.34. The van der Waals surface area contributed by atoms with Gasteiger partial charge in [0.05, 0.1) is 30.2 Å². The SMILES string of the molecule is Cn1cc(Cc2nccnc2-c2c[nH][nH]c2=O)c2ccc(C(=O)NCCN3CCOCC3)cc21. The van der Waals surface area contributed by atoms with Crippen molar-refractivity contribution in [1.29, 1.82) is 0 Å². The first-order valence-electron chi connectivity index (χ1n) is 11.3. The molecule has 4 aromatic rings. The van der Waals surface area contributed by atoms with Crippen molar-refractivity contribution in [3.63, 3.8) is 0 Å². The van der Waals surface area contributed by atoms with Gasteiger partial charge in [-0.05, 0) is 17.7 Å². The van der Waals surface area contributed by atoms with E-state index in [0.717, 1.165) is 49.3 Å². The molecule has 0 aliphatic carbocycles. The number of carbonyl (C=O) groups is 1. The number of aryl methyl sites for hydroxylation is 1. The fourth-order valence-corrected chi connectivity index (χ4v) is 4.39. The minimum Gasteiger partial charge on any atom is -0.379 e. The second-order valence-electron chi connectivity index (χ2n) is 8.39. The summed E-state index contributed by atoms with van der Waals surface area (Å²) in [4.78, 5) is 36.0. The number of nitrogens with one attached hydrogen (secondary N) is 3. The molecule has 1 aliphatic rings. The molecule has 1 aliphatic heterocycles. The van der Waals surface area contributed by atoms with Crippen LogP contribution in [-0.2, 0) is 18.2 Å². The molecule has 5 rings (SSSR count). The van der Waals surface area contributed by atoms with E-state index in [1.165, 1.54) is 0 Å². The van der Waals surface area contributed by atoms with Crippen LogP contribution in [0.3, 0.4) is 0 Å². The molecule has 1 fully saturated rings. The van der Waals surface area contributed by atoms with Crippen molar-refractivity contribution in [3.8, 4) is 11.3 Å². The normalized spacial score (nSPS) is 14.5. The summed E-state index contributed by atoms with van der Waals surface area (Å²) >= 11 is 0. The van der Waals surface area contributed by atoms with E-state index in [-0.39, 0.29) is 11.5 Å². The maximum atomic E-state index is 12.7. The molecule has 0 spiro atoms. The second-order valence-corrected chi connectivity index (χ2v) is 8.39. The van der Waals surface area contributed by atoms with E-state index in [2.05, 4.69) is 30.4 Å². The molecule has 34 heavy (non-hydrogen) atoms. The fourth-order valence-electron chi connectivity index (χ4n) is 4.39. The smallest absolute Gasteiger partial charge is 0.273 e. The number of H-pyrrole nitrogens is 2. The quantitative estimate of drug-likeness (QED) is 0.382. The monoisotopic (exact) mass is 461 g/mol. The summed E-state index contributed by atoms with van der Waals surface area (Å²) in [7, 11) is 1.96. The number of carbonyl (C=O) groups excluding carboxylic acids is 1. The summed E-state index contributed by atoms with van der Waals surface area (Å²) in [6.45, 7) is 4.72. The molecular formula is C24H27N7O3. The molecule has 0 atom stereocenters. The van der Waals surface area contributed by atoms with E-state index >= 15 is 0 Å². The van der Waals surface area contributed by atoms with E-state index < -0.39 is 0 Å². The third-order valence-electron chi connectivity index (χ3n) is 6.19. The van der Waals surface area contributed by atoms with Gasteiger partial charge in [0.25, 0.3) is 11.5 Å². The van der Waals surface area contributed by atoms with Gasteiger partial charge < -0.3 is 19.7 Å². The number of aromatic amines is 2. The zero-order chi connectivity index (χ0) is 23.5. The minimum absolute atomic E-state index is 0.0826. The standard InChI is InChI=1S/C24H27N7O3/c1-30-15-17(12-20-22(26-5-4-25-20)19-14-28-29-24(19)33)18-3-2-16(13-21(18)30)23(32)27-6-7-31-8-10-34-11-9-31/h2-5,13-15H,6-12H2,1H3,(H,27,32)(H2,28,29,33). The predicted octanol–water partition coefficient (Wildman–Crippen LogP) is 1.30. The lowest BCUT2D eigenvalue weighted by molar-refractivity contribution is 0.0383. The average molecular weight is 462 g/mol. The number of nitrogens with zero attached hydrogens (tertiary/aromatic N) is 4. The molecule has 0 radical (unpaired) electrons. The van der Waals surface area contributed by atoms with Gasteiger partial charge >= 0.3 is 0 Å². The maximum Gasteiger partial charge on any atom is 0.273 e.